The smallest absolute Gasteiger partial charge is 0.416 e. The van der Waals surface area contributed by atoms with Crippen molar-refractivity contribution in [1.29, 1.82) is 0 Å². The fourth-order valence-electron chi connectivity index (χ4n) is 6.66. The Bertz CT molecular complexity index is 2010. The molecular formula is C44H48F6N4O3. The van der Waals surface area contributed by atoms with Gasteiger partial charge in [-0.1, -0.05) is 57.1 Å². The van der Waals surface area contributed by atoms with Crippen molar-refractivity contribution in [2.24, 2.45) is 5.73 Å². The Labute approximate surface area is 329 Å². The first-order valence-corrected chi connectivity index (χ1v) is 19.1. The molecule has 0 fully saturated rings. The summed E-state index contributed by atoms with van der Waals surface area (Å²) >= 11 is 0. The standard InChI is InChI=1S/C44H48F6N4O3/c1-56-37-20-16-31(17-21-37)39-40(32-18-22-38(57-2)23-19-32)54(41(53-39)34-26-35(43(45,46)47)28-36(27-34)44(48,49)50)29-30-12-14-33(15-13-30)42(55)52-25-11-9-7-5-3-4-6-8-10-24-51/h12-23,26-28H,3-11,24-25,29,51H2,1-2H3,(H,52,55). The number of aromatic nitrogens is 2. The molecule has 3 N–H and O–H groups in total. The molecule has 13 heteroatoms. The highest BCUT2D eigenvalue weighted by Gasteiger charge is 2.38. The molecular weight excluding hydrogens is 746 g/mol. The maximum atomic E-state index is 14.1. The van der Waals surface area contributed by atoms with Crippen molar-refractivity contribution in [2.45, 2.75) is 76.7 Å². The number of benzene rings is 4. The number of imidazole rings is 1. The number of alkyl halides is 6. The van der Waals surface area contributed by atoms with Gasteiger partial charge < -0.3 is 25.1 Å². The number of halogens is 6. The molecule has 0 aliphatic rings. The number of nitrogens with two attached hydrogens (primary N) is 1. The number of hydrogen-bond acceptors (Lipinski definition) is 5. The number of nitrogens with zero attached hydrogens (tertiary/aromatic N) is 2. The van der Waals surface area contributed by atoms with E-state index < -0.39 is 23.5 Å². The van der Waals surface area contributed by atoms with Crippen LogP contribution in [0.3, 0.4) is 0 Å². The topological polar surface area (TPSA) is 91.4 Å². The van der Waals surface area contributed by atoms with Gasteiger partial charge in [-0.25, -0.2) is 4.98 Å². The summed E-state index contributed by atoms with van der Waals surface area (Å²) in [4.78, 5) is 17.8. The number of rotatable bonds is 19. The Balaban J connectivity index is 1.48. The van der Waals surface area contributed by atoms with E-state index in [1.165, 1.54) is 39.9 Å². The van der Waals surface area contributed by atoms with Gasteiger partial charge in [0, 0.05) is 35.3 Å². The van der Waals surface area contributed by atoms with Gasteiger partial charge in [-0.05, 0) is 104 Å². The number of amides is 1. The minimum Gasteiger partial charge on any atom is -0.497 e. The number of hydrogen-bond donors (Lipinski definition) is 2. The van der Waals surface area contributed by atoms with Crippen LogP contribution in [-0.4, -0.2) is 42.8 Å². The fourth-order valence-corrected chi connectivity index (χ4v) is 6.66. The van der Waals surface area contributed by atoms with Crippen molar-refractivity contribution in [3.63, 3.8) is 0 Å². The van der Waals surface area contributed by atoms with E-state index in [1.807, 2.05) is 0 Å². The van der Waals surface area contributed by atoms with Crippen LogP contribution in [0, 0.1) is 0 Å². The van der Waals surface area contributed by atoms with E-state index >= 15 is 0 Å². The average molecular weight is 795 g/mol. The molecule has 5 rings (SSSR count). The van der Waals surface area contributed by atoms with Crippen molar-refractivity contribution < 1.29 is 40.6 Å². The number of nitrogens with one attached hydrogen (secondary N) is 1. The van der Waals surface area contributed by atoms with Crippen LogP contribution in [0.2, 0.25) is 0 Å². The van der Waals surface area contributed by atoms with E-state index in [-0.39, 0.29) is 29.9 Å². The fraction of sp³-hybridized carbons (Fsp3) is 0.364. The summed E-state index contributed by atoms with van der Waals surface area (Å²) in [7, 11) is 3.01. The van der Waals surface area contributed by atoms with Gasteiger partial charge in [0.15, 0.2) is 0 Å². The molecule has 0 aliphatic heterocycles. The molecule has 0 atom stereocenters. The van der Waals surface area contributed by atoms with Crippen LogP contribution in [0.15, 0.2) is 91.0 Å². The van der Waals surface area contributed by atoms with Crippen LogP contribution in [0.5, 0.6) is 11.5 Å². The first-order chi connectivity index (χ1) is 27.3. The Morgan fingerprint density at radius 2 is 1.14 bits per heavy atom. The lowest BCUT2D eigenvalue weighted by Gasteiger charge is -2.17. The van der Waals surface area contributed by atoms with E-state index in [2.05, 4.69) is 5.32 Å². The predicted octanol–water partition coefficient (Wildman–Crippen LogP) is 11.2. The number of carbonyl (C=O) groups excluding carboxylic acids is 1. The lowest BCUT2D eigenvalue weighted by molar-refractivity contribution is -0.143. The molecule has 304 valence electrons. The minimum atomic E-state index is -5.06. The van der Waals surface area contributed by atoms with Gasteiger partial charge >= 0.3 is 12.4 Å². The highest BCUT2D eigenvalue weighted by molar-refractivity contribution is 5.94. The lowest BCUT2D eigenvalue weighted by atomic mass is 10.0. The van der Waals surface area contributed by atoms with Crippen LogP contribution >= 0.6 is 0 Å². The summed E-state index contributed by atoms with van der Waals surface area (Å²) < 4.78 is 96.9. The van der Waals surface area contributed by atoms with E-state index in [0.29, 0.717) is 63.8 Å². The van der Waals surface area contributed by atoms with Crippen LogP contribution in [-0.2, 0) is 18.9 Å². The first kappa shape index (κ1) is 42.8. The van der Waals surface area contributed by atoms with Crippen LogP contribution in [0.25, 0.3) is 33.9 Å². The van der Waals surface area contributed by atoms with Crippen molar-refractivity contribution in [1.82, 2.24) is 14.9 Å². The first-order valence-electron chi connectivity index (χ1n) is 19.1. The maximum absolute atomic E-state index is 14.1. The van der Waals surface area contributed by atoms with Crippen LogP contribution < -0.4 is 20.5 Å². The minimum absolute atomic E-state index is 0.00757. The molecule has 57 heavy (non-hydrogen) atoms. The second-order valence-corrected chi connectivity index (χ2v) is 13.9. The zero-order chi connectivity index (χ0) is 41.0. The molecule has 0 aliphatic carbocycles. The summed E-state index contributed by atoms with van der Waals surface area (Å²) in [6, 6.07) is 21.9. The van der Waals surface area contributed by atoms with Gasteiger partial charge in [0.2, 0.25) is 0 Å². The third-order valence-electron chi connectivity index (χ3n) is 9.76. The summed E-state index contributed by atoms with van der Waals surface area (Å²) in [5.74, 6) is 0.731. The molecule has 0 radical (unpaired) electrons. The zero-order valence-corrected chi connectivity index (χ0v) is 32.1. The third-order valence-corrected chi connectivity index (χ3v) is 9.76. The van der Waals surface area contributed by atoms with Crippen molar-refractivity contribution in [3.05, 3.63) is 113 Å². The predicted molar refractivity (Wildman–Crippen MR) is 210 cm³/mol. The second kappa shape index (κ2) is 19.7. The Kier molecular flexibility index (Phi) is 14.8. The SMILES string of the molecule is COc1ccc(-c2nc(-c3cc(C(F)(F)F)cc(C(F)(F)F)c3)n(Cc3ccc(C(=O)NCCCCCCCCCCCN)cc3)c2-c2ccc(OC)cc2)cc1. The summed E-state index contributed by atoms with van der Waals surface area (Å²) in [6.45, 7) is 1.27. The average Bonchev–Trinajstić information content (AvgIpc) is 3.58. The van der Waals surface area contributed by atoms with Gasteiger partial charge in [-0.3, -0.25) is 4.79 Å². The largest absolute Gasteiger partial charge is 0.497 e. The van der Waals surface area contributed by atoms with Crippen LogP contribution in [0.4, 0.5) is 26.3 Å². The van der Waals surface area contributed by atoms with Crippen molar-refractivity contribution >= 4 is 5.91 Å². The Hall–Kier alpha value is -5.30. The van der Waals surface area contributed by atoms with Gasteiger partial charge in [-0.2, -0.15) is 26.3 Å². The summed E-state index contributed by atoms with van der Waals surface area (Å²) in [6.07, 6.45) is -0.115. The maximum Gasteiger partial charge on any atom is 0.416 e. The van der Waals surface area contributed by atoms with Crippen LogP contribution in [0.1, 0.15) is 84.8 Å². The third kappa shape index (κ3) is 11.6. The molecule has 0 saturated heterocycles. The molecule has 0 saturated carbocycles. The molecule has 0 spiro atoms. The highest BCUT2D eigenvalue weighted by atomic mass is 19.4. The zero-order valence-electron chi connectivity index (χ0n) is 32.1. The molecule has 1 amide bonds. The van der Waals surface area contributed by atoms with Gasteiger partial charge in [0.1, 0.15) is 17.3 Å². The normalized spacial score (nSPS) is 11.8. The number of unbranched alkanes of at least 4 members (excludes halogenated alkanes) is 8. The summed E-state index contributed by atoms with van der Waals surface area (Å²) in [5.41, 5.74) is 5.22. The van der Waals surface area contributed by atoms with Gasteiger partial charge in [0.25, 0.3) is 5.91 Å². The van der Waals surface area contributed by atoms with Crippen molar-refractivity contribution in [2.75, 3.05) is 27.3 Å². The van der Waals surface area contributed by atoms with E-state index in [9.17, 15) is 31.1 Å². The monoisotopic (exact) mass is 794 g/mol. The van der Waals surface area contributed by atoms with E-state index in [0.717, 1.165) is 38.6 Å². The van der Waals surface area contributed by atoms with E-state index in [4.69, 9.17) is 20.2 Å². The molecule has 1 heterocycles. The molecule has 1 aromatic heterocycles. The number of ether oxygens (including phenoxy) is 2. The number of carbonyl (C=O) groups is 1. The molecule has 4 aromatic carbocycles. The lowest BCUT2D eigenvalue weighted by Crippen LogP contribution is -2.24. The van der Waals surface area contributed by atoms with E-state index in [1.54, 1.807) is 77.4 Å². The van der Waals surface area contributed by atoms with Crippen molar-refractivity contribution in [3.8, 4) is 45.4 Å². The highest BCUT2D eigenvalue weighted by Crippen LogP contribution is 2.42. The number of methoxy groups -OCH3 is 2. The molecule has 0 bridgehead atoms. The van der Waals surface area contributed by atoms with Gasteiger partial charge in [0.05, 0.1) is 36.7 Å². The quantitative estimate of drug-likeness (QED) is 0.0642. The Morgan fingerprint density at radius 3 is 1.63 bits per heavy atom. The molecule has 5 aromatic rings. The molecule has 0 unspecified atom stereocenters. The summed E-state index contributed by atoms with van der Waals surface area (Å²) in [5, 5.41) is 2.96. The molecule has 7 nitrogen and oxygen atoms in total. The van der Waals surface area contributed by atoms with Gasteiger partial charge in [-0.15, -0.1) is 0 Å². The second-order valence-electron chi connectivity index (χ2n) is 13.9. The Morgan fingerprint density at radius 1 is 0.649 bits per heavy atom.